The van der Waals surface area contributed by atoms with Gasteiger partial charge in [0.2, 0.25) is 17.7 Å². The number of aliphatic hydroxyl groups is 1. The zero-order valence-electron chi connectivity index (χ0n) is 16.5. The molecular formula is C17H30N4O6S2. The predicted molar refractivity (Wildman–Crippen MR) is 113 cm³/mol. The molecule has 0 saturated carbocycles. The number of nitrogens with one attached hydrogen (secondary N) is 4. The number of rotatable bonds is 12. The number of amides is 3. The van der Waals surface area contributed by atoms with Crippen molar-refractivity contribution in [1.82, 2.24) is 21.3 Å². The van der Waals surface area contributed by atoms with Crippen LogP contribution < -0.4 is 21.3 Å². The maximum absolute atomic E-state index is 12.5. The minimum atomic E-state index is -1.37. The molecule has 1 aliphatic heterocycles. The molecule has 3 amide bonds. The molecule has 12 heteroatoms. The van der Waals surface area contributed by atoms with Gasteiger partial charge in [0.1, 0.15) is 18.1 Å². The number of aliphatic carboxylic acids is 1. The molecule has 0 radical (unpaired) electrons. The molecule has 5 unspecified atom stereocenters. The molecule has 10 nitrogen and oxygen atoms in total. The summed E-state index contributed by atoms with van der Waals surface area (Å²) in [5, 5.41) is 29.5. The number of aliphatic hydroxyl groups excluding tert-OH is 1. The third-order valence-electron chi connectivity index (χ3n) is 4.48. The van der Waals surface area contributed by atoms with Crippen LogP contribution in [0.3, 0.4) is 0 Å². The molecule has 1 rings (SSSR count). The molecule has 5 atom stereocenters. The molecule has 0 spiro atoms. The molecule has 0 bridgehead atoms. The highest BCUT2D eigenvalue weighted by molar-refractivity contribution is 7.98. The lowest BCUT2D eigenvalue weighted by atomic mass is 10.1. The first-order valence-corrected chi connectivity index (χ1v) is 11.4. The number of carbonyl (C=O) groups excluding carboxylic acids is 3. The van der Waals surface area contributed by atoms with Gasteiger partial charge in [0.05, 0.1) is 12.1 Å². The summed E-state index contributed by atoms with van der Waals surface area (Å²) < 4.78 is 0. The summed E-state index contributed by atoms with van der Waals surface area (Å²) in [7, 11) is 0. The van der Waals surface area contributed by atoms with Gasteiger partial charge in [0.25, 0.3) is 0 Å². The van der Waals surface area contributed by atoms with E-state index >= 15 is 0 Å². The predicted octanol–water partition coefficient (Wildman–Crippen LogP) is -1.66. The fraction of sp³-hybridized carbons (Fsp3) is 0.765. The summed E-state index contributed by atoms with van der Waals surface area (Å²) in [5.41, 5.74) is 0. The van der Waals surface area contributed by atoms with Gasteiger partial charge in [-0.25, -0.2) is 4.79 Å². The molecule has 6 N–H and O–H groups in total. The van der Waals surface area contributed by atoms with Crippen molar-refractivity contribution < 1.29 is 29.4 Å². The summed E-state index contributed by atoms with van der Waals surface area (Å²) in [4.78, 5) is 48.5. The van der Waals surface area contributed by atoms with E-state index in [9.17, 15) is 29.4 Å². The fourth-order valence-corrected chi connectivity index (χ4v) is 3.52. The highest BCUT2D eigenvalue weighted by atomic mass is 32.2. The molecule has 1 heterocycles. The third kappa shape index (κ3) is 8.41. The standard InChI is InChI=1S/C17H30N4O6S2/c1-9(22)13(16(25)19-11(17(26)27)5-7-29-2)21-15(24)12(8-28)20-14(23)10-4-3-6-18-10/h9-13,18,22,28H,3-8H2,1-2H3,(H,19,25)(H,20,23)(H,21,24)(H,26,27). The third-order valence-corrected chi connectivity index (χ3v) is 5.49. The van der Waals surface area contributed by atoms with Crippen LogP contribution in [0.2, 0.25) is 0 Å². The van der Waals surface area contributed by atoms with Crippen LogP contribution in [0.5, 0.6) is 0 Å². The van der Waals surface area contributed by atoms with Crippen LogP contribution in [0.4, 0.5) is 0 Å². The van der Waals surface area contributed by atoms with Crippen molar-refractivity contribution in [2.24, 2.45) is 0 Å². The van der Waals surface area contributed by atoms with Gasteiger partial charge in [-0.15, -0.1) is 0 Å². The summed E-state index contributed by atoms with van der Waals surface area (Å²) >= 11 is 5.52. The number of thioether (sulfide) groups is 1. The molecule has 0 aromatic heterocycles. The maximum atomic E-state index is 12.5. The van der Waals surface area contributed by atoms with Crippen molar-refractivity contribution in [3.05, 3.63) is 0 Å². The van der Waals surface area contributed by atoms with E-state index in [1.54, 1.807) is 0 Å². The lowest BCUT2D eigenvalue weighted by molar-refractivity contribution is -0.143. The Morgan fingerprint density at radius 3 is 2.34 bits per heavy atom. The van der Waals surface area contributed by atoms with Gasteiger partial charge >= 0.3 is 5.97 Å². The van der Waals surface area contributed by atoms with E-state index < -0.39 is 42.0 Å². The average molecular weight is 451 g/mol. The van der Waals surface area contributed by atoms with E-state index in [0.29, 0.717) is 12.2 Å². The number of hydrogen-bond donors (Lipinski definition) is 7. The minimum absolute atomic E-state index is 0.0100. The first-order chi connectivity index (χ1) is 13.7. The van der Waals surface area contributed by atoms with Crippen molar-refractivity contribution in [1.29, 1.82) is 0 Å². The van der Waals surface area contributed by atoms with Crippen LogP contribution in [0, 0.1) is 0 Å². The van der Waals surface area contributed by atoms with E-state index in [-0.39, 0.29) is 24.1 Å². The van der Waals surface area contributed by atoms with Crippen LogP contribution in [-0.4, -0.2) is 88.5 Å². The van der Waals surface area contributed by atoms with E-state index in [0.717, 1.165) is 13.0 Å². The second kappa shape index (κ2) is 12.9. The van der Waals surface area contributed by atoms with Gasteiger partial charge in [-0.3, -0.25) is 14.4 Å². The lowest BCUT2D eigenvalue weighted by Crippen LogP contribution is -2.60. The zero-order valence-corrected chi connectivity index (χ0v) is 18.2. The van der Waals surface area contributed by atoms with Gasteiger partial charge in [0.15, 0.2) is 0 Å². The van der Waals surface area contributed by atoms with E-state index in [1.165, 1.54) is 18.7 Å². The van der Waals surface area contributed by atoms with Gasteiger partial charge in [0, 0.05) is 5.75 Å². The summed E-state index contributed by atoms with van der Waals surface area (Å²) in [6.07, 6.45) is 2.26. The molecule has 1 aliphatic rings. The second-order valence-corrected chi connectivity index (χ2v) is 8.15. The molecule has 1 fully saturated rings. The Morgan fingerprint density at radius 2 is 1.86 bits per heavy atom. The Morgan fingerprint density at radius 1 is 1.17 bits per heavy atom. The molecule has 0 aliphatic carbocycles. The van der Waals surface area contributed by atoms with Gasteiger partial charge in [-0.05, 0) is 44.7 Å². The van der Waals surface area contributed by atoms with Crippen LogP contribution in [0.15, 0.2) is 0 Å². The number of carbonyl (C=O) groups is 4. The van der Waals surface area contributed by atoms with Crippen molar-refractivity contribution in [3.63, 3.8) is 0 Å². The second-order valence-electron chi connectivity index (χ2n) is 6.80. The topological polar surface area (TPSA) is 157 Å². The van der Waals surface area contributed by atoms with Gasteiger partial charge in [-0.2, -0.15) is 24.4 Å². The quantitative estimate of drug-likeness (QED) is 0.174. The van der Waals surface area contributed by atoms with Gasteiger partial charge in [-0.1, -0.05) is 0 Å². The number of carboxylic acid groups (broad SMARTS) is 1. The smallest absolute Gasteiger partial charge is 0.326 e. The molecule has 0 aromatic carbocycles. The van der Waals surface area contributed by atoms with Crippen molar-refractivity contribution >= 4 is 48.1 Å². The number of hydrogen-bond acceptors (Lipinski definition) is 8. The first kappa shape index (κ1) is 25.5. The van der Waals surface area contributed by atoms with Gasteiger partial charge < -0.3 is 31.5 Å². The highest BCUT2D eigenvalue weighted by Gasteiger charge is 2.32. The Balaban J connectivity index is 2.73. The average Bonchev–Trinajstić information content (AvgIpc) is 3.21. The maximum Gasteiger partial charge on any atom is 0.326 e. The van der Waals surface area contributed by atoms with Crippen molar-refractivity contribution in [2.45, 2.75) is 56.5 Å². The Kier molecular flexibility index (Phi) is 11.4. The van der Waals surface area contributed by atoms with Crippen LogP contribution in [0.25, 0.3) is 0 Å². The number of thiol groups is 1. The van der Waals surface area contributed by atoms with Crippen LogP contribution >= 0.6 is 24.4 Å². The van der Waals surface area contributed by atoms with E-state index in [4.69, 9.17) is 0 Å². The van der Waals surface area contributed by atoms with Crippen LogP contribution in [0.1, 0.15) is 26.2 Å². The normalized spacial score (nSPS) is 20.2. The van der Waals surface area contributed by atoms with Crippen LogP contribution in [-0.2, 0) is 19.2 Å². The lowest BCUT2D eigenvalue weighted by Gasteiger charge is -2.26. The fourth-order valence-electron chi connectivity index (χ4n) is 2.79. The zero-order chi connectivity index (χ0) is 22.0. The first-order valence-electron chi connectivity index (χ1n) is 9.36. The molecule has 1 saturated heterocycles. The number of carboxylic acids is 1. The molecular weight excluding hydrogens is 420 g/mol. The SMILES string of the molecule is CSCCC(NC(=O)C(NC(=O)C(CS)NC(=O)C1CCCN1)C(C)O)C(=O)O. The van der Waals surface area contributed by atoms with E-state index in [1.807, 2.05) is 6.26 Å². The van der Waals surface area contributed by atoms with E-state index in [2.05, 4.69) is 33.9 Å². The largest absolute Gasteiger partial charge is 0.480 e. The molecule has 166 valence electrons. The monoisotopic (exact) mass is 450 g/mol. The molecule has 29 heavy (non-hydrogen) atoms. The summed E-state index contributed by atoms with van der Waals surface area (Å²) in [5.74, 6) is -2.53. The molecule has 0 aromatic rings. The minimum Gasteiger partial charge on any atom is -0.480 e. The highest BCUT2D eigenvalue weighted by Crippen LogP contribution is 2.06. The Bertz CT molecular complexity index is 586. The van der Waals surface area contributed by atoms with Crippen molar-refractivity contribution in [2.75, 3.05) is 24.3 Å². The summed E-state index contributed by atoms with van der Waals surface area (Å²) in [6, 6.07) is -3.90. The summed E-state index contributed by atoms with van der Waals surface area (Å²) in [6.45, 7) is 2.03. The Hall–Kier alpha value is -1.50. The Labute approximate surface area is 179 Å². The van der Waals surface area contributed by atoms with Crippen molar-refractivity contribution in [3.8, 4) is 0 Å².